The molecule has 110 valence electrons. The summed E-state index contributed by atoms with van der Waals surface area (Å²) < 4.78 is 7.29. The summed E-state index contributed by atoms with van der Waals surface area (Å²) >= 11 is 6.76. The molecule has 2 rings (SSSR count). The molecule has 0 heterocycles. The summed E-state index contributed by atoms with van der Waals surface area (Å²) in [6.07, 6.45) is 0.0423. The number of hydrogen-bond acceptors (Lipinski definition) is 2. The van der Waals surface area contributed by atoms with Crippen LogP contribution in [0, 0.1) is 0 Å². The summed E-state index contributed by atoms with van der Waals surface area (Å²) in [5, 5.41) is 2.89. The highest BCUT2D eigenvalue weighted by atomic mass is 79.9. The van der Waals surface area contributed by atoms with Gasteiger partial charge in [0.15, 0.2) is 0 Å². The van der Waals surface area contributed by atoms with Crippen LogP contribution in [0.25, 0.3) is 0 Å². The monoisotopic (exact) mass is 411 g/mol. The third-order valence-electron chi connectivity index (χ3n) is 2.67. The number of para-hydroxylation sites is 2. The summed E-state index contributed by atoms with van der Waals surface area (Å²) in [4.78, 5) is 12.4. The fraction of sp³-hybridized carbons (Fsp3) is 0.188. The average molecular weight is 413 g/mol. The maximum absolute atomic E-state index is 12.4. The van der Waals surface area contributed by atoms with E-state index in [1.807, 2.05) is 50.2 Å². The summed E-state index contributed by atoms with van der Waals surface area (Å²) in [6.45, 7) is 3.90. The van der Waals surface area contributed by atoms with Crippen LogP contribution in [0.4, 0.5) is 5.69 Å². The van der Waals surface area contributed by atoms with Crippen LogP contribution in [0.3, 0.4) is 0 Å². The van der Waals surface area contributed by atoms with Crippen LogP contribution in [0.5, 0.6) is 5.75 Å². The molecule has 0 aliphatic heterocycles. The number of amides is 1. The Labute approximate surface area is 141 Å². The molecule has 0 aliphatic carbocycles. The molecule has 5 heteroatoms. The van der Waals surface area contributed by atoms with E-state index in [2.05, 4.69) is 37.2 Å². The zero-order valence-electron chi connectivity index (χ0n) is 11.7. The molecule has 0 bridgehead atoms. The lowest BCUT2D eigenvalue weighted by Crippen LogP contribution is -2.15. The minimum absolute atomic E-state index is 0.0423. The van der Waals surface area contributed by atoms with Crippen molar-refractivity contribution >= 4 is 43.5 Å². The Kier molecular flexibility index (Phi) is 5.42. The van der Waals surface area contributed by atoms with E-state index in [-0.39, 0.29) is 12.0 Å². The number of nitrogens with one attached hydrogen (secondary N) is 1. The van der Waals surface area contributed by atoms with Crippen LogP contribution < -0.4 is 10.1 Å². The predicted octanol–water partition coefficient (Wildman–Crippen LogP) is 5.25. The largest absolute Gasteiger partial charge is 0.489 e. The number of benzene rings is 2. The van der Waals surface area contributed by atoms with Crippen molar-refractivity contribution in [2.75, 3.05) is 5.32 Å². The lowest BCUT2D eigenvalue weighted by Gasteiger charge is -2.15. The zero-order valence-corrected chi connectivity index (χ0v) is 14.9. The van der Waals surface area contributed by atoms with Crippen molar-refractivity contribution in [1.29, 1.82) is 0 Å². The van der Waals surface area contributed by atoms with E-state index in [0.29, 0.717) is 17.0 Å². The molecule has 0 atom stereocenters. The van der Waals surface area contributed by atoms with Gasteiger partial charge in [0.1, 0.15) is 5.75 Å². The Morgan fingerprint density at radius 3 is 2.57 bits per heavy atom. The van der Waals surface area contributed by atoms with Crippen molar-refractivity contribution in [3.05, 3.63) is 57.0 Å². The quantitative estimate of drug-likeness (QED) is 0.744. The maximum Gasteiger partial charge on any atom is 0.256 e. The number of ether oxygens (including phenoxy) is 1. The summed E-state index contributed by atoms with van der Waals surface area (Å²) in [5.74, 6) is 0.468. The number of anilines is 1. The van der Waals surface area contributed by atoms with Crippen molar-refractivity contribution in [3.63, 3.8) is 0 Å². The van der Waals surface area contributed by atoms with Gasteiger partial charge in [-0.2, -0.15) is 0 Å². The first-order valence-corrected chi connectivity index (χ1v) is 8.08. The molecule has 0 fully saturated rings. The van der Waals surface area contributed by atoms with Gasteiger partial charge in [-0.15, -0.1) is 0 Å². The number of rotatable bonds is 4. The molecule has 0 spiro atoms. The van der Waals surface area contributed by atoms with Gasteiger partial charge in [0.25, 0.3) is 5.91 Å². The lowest BCUT2D eigenvalue weighted by molar-refractivity contribution is 0.102. The molecule has 0 saturated carbocycles. The second kappa shape index (κ2) is 7.09. The van der Waals surface area contributed by atoms with Gasteiger partial charge in [-0.1, -0.05) is 28.1 Å². The van der Waals surface area contributed by atoms with Crippen LogP contribution in [0.1, 0.15) is 24.2 Å². The third kappa shape index (κ3) is 4.32. The van der Waals surface area contributed by atoms with Crippen molar-refractivity contribution < 1.29 is 9.53 Å². The fourth-order valence-electron chi connectivity index (χ4n) is 1.79. The average Bonchev–Trinajstić information content (AvgIpc) is 2.43. The van der Waals surface area contributed by atoms with Crippen molar-refractivity contribution in [2.45, 2.75) is 20.0 Å². The van der Waals surface area contributed by atoms with Crippen LogP contribution in [-0.2, 0) is 0 Å². The number of halogens is 2. The number of hydrogen-bond donors (Lipinski definition) is 1. The molecule has 2 aromatic rings. The van der Waals surface area contributed by atoms with Gasteiger partial charge in [-0.25, -0.2) is 0 Å². The maximum atomic E-state index is 12.4. The Morgan fingerprint density at radius 1 is 1.14 bits per heavy atom. The molecule has 0 unspecified atom stereocenters. The zero-order chi connectivity index (χ0) is 15.4. The smallest absolute Gasteiger partial charge is 0.256 e. The van der Waals surface area contributed by atoms with Gasteiger partial charge < -0.3 is 10.1 Å². The van der Waals surface area contributed by atoms with Gasteiger partial charge in [0.05, 0.1) is 17.4 Å². The van der Waals surface area contributed by atoms with Crippen LogP contribution >= 0.6 is 31.9 Å². The van der Waals surface area contributed by atoms with E-state index in [0.717, 1.165) is 8.95 Å². The molecule has 0 aliphatic rings. The highest BCUT2D eigenvalue weighted by molar-refractivity contribution is 9.11. The normalized spacial score (nSPS) is 10.5. The van der Waals surface area contributed by atoms with Crippen molar-refractivity contribution in [2.24, 2.45) is 0 Å². The molecule has 1 amide bonds. The third-order valence-corrected chi connectivity index (χ3v) is 3.86. The Balaban J connectivity index is 2.25. The van der Waals surface area contributed by atoms with Gasteiger partial charge in [-0.3, -0.25) is 4.79 Å². The van der Waals surface area contributed by atoms with Gasteiger partial charge >= 0.3 is 0 Å². The van der Waals surface area contributed by atoms with Crippen LogP contribution in [-0.4, -0.2) is 12.0 Å². The number of carbonyl (C=O) groups excluding carboxylic acids is 1. The summed E-state index contributed by atoms with van der Waals surface area (Å²) in [5.41, 5.74) is 1.21. The fourth-order valence-corrected chi connectivity index (χ4v) is 2.58. The van der Waals surface area contributed by atoms with E-state index in [1.165, 1.54) is 0 Å². The van der Waals surface area contributed by atoms with E-state index >= 15 is 0 Å². The lowest BCUT2D eigenvalue weighted by atomic mass is 10.2. The van der Waals surface area contributed by atoms with Crippen molar-refractivity contribution in [3.8, 4) is 5.75 Å². The molecular formula is C16H15Br2NO2. The van der Waals surface area contributed by atoms with E-state index in [4.69, 9.17) is 4.74 Å². The van der Waals surface area contributed by atoms with Gasteiger partial charge in [0.2, 0.25) is 0 Å². The standard InChI is InChI=1S/C16H15Br2NO2/c1-10(2)21-15-6-4-3-5-14(15)19-16(20)12-9-11(17)7-8-13(12)18/h3-10H,1-2H3,(H,19,20). The van der Waals surface area contributed by atoms with Crippen LogP contribution in [0.2, 0.25) is 0 Å². The molecular weight excluding hydrogens is 398 g/mol. The SMILES string of the molecule is CC(C)Oc1ccccc1NC(=O)c1cc(Br)ccc1Br. The molecule has 0 aromatic heterocycles. The first-order valence-electron chi connectivity index (χ1n) is 6.49. The van der Waals surface area contributed by atoms with Crippen LogP contribution in [0.15, 0.2) is 51.4 Å². The molecule has 0 radical (unpaired) electrons. The first-order chi connectivity index (χ1) is 9.97. The Morgan fingerprint density at radius 2 is 1.86 bits per heavy atom. The van der Waals surface area contributed by atoms with Crippen molar-refractivity contribution in [1.82, 2.24) is 0 Å². The molecule has 2 aromatic carbocycles. The predicted molar refractivity (Wildman–Crippen MR) is 92.0 cm³/mol. The molecule has 21 heavy (non-hydrogen) atoms. The second-order valence-electron chi connectivity index (χ2n) is 4.74. The van der Waals surface area contributed by atoms with E-state index < -0.39 is 0 Å². The Hall–Kier alpha value is -1.33. The highest BCUT2D eigenvalue weighted by Gasteiger charge is 2.13. The molecule has 0 saturated heterocycles. The first kappa shape index (κ1) is 16.0. The van der Waals surface area contributed by atoms with Gasteiger partial charge in [0, 0.05) is 8.95 Å². The minimum atomic E-state index is -0.192. The highest BCUT2D eigenvalue weighted by Crippen LogP contribution is 2.27. The molecule has 3 nitrogen and oxygen atoms in total. The van der Waals surface area contributed by atoms with E-state index in [9.17, 15) is 4.79 Å². The number of carbonyl (C=O) groups is 1. The van der Waals surface area contributed by atoms with E-state index in [1.54, 1.807) is 6.07 Å². The minimum Gasteiger partial charge on any atom is -0.489 e. The van der Waals surface area contributed by atoms with Gasteiger partial charge in [-0.05, 0) is 60.1 Å². The summed E-state index contributed by atoms with van der Waals surface area (Å²) in [7, 11) is 0. The summed E-state index contributed by atoms with van der Waals surface area (Å²) in [6, 6.07) is 12.9. The second-order valence-corrected chi connectivity index (χ2v) is 6.51. The Bertz CT molecular complexity index is 656. The topological polar surface area (TPSA) is 38.3 Å². The molecule has 1 N–H and O–H groups in total.